The van der Waals surface area contributed by atoms with E-state index in [2.05, 4.69) is 25.6 Å². The number of halogens is 2. The smallest absolute Gasteiger partial charge is 0.223 e. The van der Waals surface area contributed by atoms with E-state index >= 15 is 0 Å². The average Bonchev–Trinajstić information content (AvgIpc) is 2.62. The molecule has 0 aliphatic heterocycles. The van der Waals surface area contributed by atoms with Crippen molar-refractivity contribution in [3.63, 3.8) is 0 Å². The van der Waals surface area contributed by atoms with Crippen LogP contribution in [0.3, 0.4) is 0 Å². The Labute approximate surface area is 137 Å². The largest absolute Gasteiger partial charge is 0.368 e. The minimum absolute atomic E-state index is 0.417. The number of pyridine rings is 1. The molecule has 0 atom stereocenters. The zero-order valence-electron chi connectivity index (χ0n) is 12.7. The summed E-state index contributed by atoms with van der Waals surface area (Å²) in [5.74, 6) is -0.581. The number of benzene rings is 1. The first kappa shape index (κ1) is 15.8. The molecule has 24 heavy (non-hydrogen) atoms. The number of anilines is 2. The zero-order valence-corrected chi connectivity index (χ0v) is 12.7. The van der Waals surface area contributed by atoms with Gasteiger partial charge in [-0.15, -0.1) is 0 Å². The second-order valence-electron chi connectivity index (χ2n) is 4.96. The molecule has 0 bridgehead atoms. The quantitative estimate of drug-likeness (QED) is 0.680. The van der Waals surface area contributed by atoms with E-state index in [0.29, 0.717) is 30.3 Å². The fraction of sp³-hybridized carbons (Fsp3) is 0.118. The van der Waals surface area contributed by atoms with E-state index in [9.17, 15) is 8.78 Å². The van der Waals surface area contributed by atoms with Crippen molar-refractivity contribution in [3.05, 3.63) is 66.5 Å². The molecule has 0 aliphatic rings. The minimum atomic E-state index is -0.903. The fourth-order valence-corrected chi connectivity index (χ4v) is 2.09. The maximum absolute atomic E-state index is 13.3. The van der Waals surface area contributed by atoms with E-state index < -0.39 is 11.6 Å². The maximum atomic E-state index is 13.3. The first-order valence-electron chi connectivity index (χ1n) is 7.39. The molecule has 5 nitrogen and oxygen atoms in total. The molecule has 3 rings (SSSR count). The van der Waals surface area contributed by atoms with Crippen molar-refractivity contribution in [1.82, 2.24) is 15.0 Å². The molecule has 122 valence electrons. The van der Waals surface area contributed by atoms with Gasteiger partial charge in [0, 0.05) is 31.0 Å². The normalized spacial score (nSPS) is 10.4. The Balaban J connectivity index is 1.60. The SMILES string of the molecule is Fc1ccc(-c2ccnc(NCCNc3ccccn3)n2)cc1F. The highest BCUT2D eigenvalue weighted by molar-refractivity contribution is 5.60. The van der Waals surface area contributed by atoms with Gasteiger partial charge in [-0.1, -0.05) is 6.07 Å². The number of aromatic nitrogens is 3. The van der Waals surface area contributed by atoms with Crippen molar-refractivity contribution in [3.8, 4) is 11.3 Å². The highest BCUT2D eigenvalue weighted by Crippen LogP contribution is 2.20. The second kappa shape index (κ2) is 7.45. The van der Waals surface area contributed by atoms with Crippen LogP contribution >= 0.6 is 0 Å². The van der Waals surface area contributed by atoms with Crippen molar-refractivity contribution in [1.29, 1.82) is 0 Å². The van der Waals surface area contributed by atoms with Crippen LogP contribution in [-0.4, -0.2) is 28.0 Å². The second-order valence-corrected chi connectivity index (χ2v) is 4.96. The van der Waals surface area contributed by atoms with Crippen LogP contribution in [0.1, 0.15) is 0 Å². The Morgan fingerprint density at radius 1 is 0.833 bits per heavy atom. The van der Waals surface area contributed by atoms with Gasteiger partial charge in [-0.3, -0.25) is 0 Å². The van der Waals surface area contributed by atoms with Gasteiger partial charge >= 0.3 is 0 Å². The summed E-state index contributed by atoms with van der Waals surface area (Å²) in [5.41, 5.74) is 1.01. The van der Waals surface area contributed by atoms with Gasteiger partial charge in [0.05, 0.1) is 5.69 Å². The summed E-state index contributed by atoms with van der Waals surface area (Å²) >= 11 is 0. The maximum Gasteiger partial charge on any atom is 0.223 e. The van der Waals surface area contributed by atoms with E-state index in [0.717, 1.165) is 18.0 Å². The Kier molecular flexibility index (Phi) is 4.90. The standard InChI is InChI=1S/C17H15F2N5/c18-13-5-4-12(11-14(13)19)15-6-8-22-17(24-15)23-10-9-21-16-3-1-2-7-20-16/h1-8,11H,9-10H2,(H,20,21)(H,22,23,24). The average molecular weight is 327 g/mol. The molecule has 0 aliphatic carbocycles. The monoisotopic (exact) mass is 327 g/mol. The van der Waals surface area contributed by atoms with Crippen molar-refractivity contribution in [2.45, 2.75) is 0 Å². The summed E-state index contributed by atoms with van der Waals surface area (Å²) < 4.78 is 26.3. The van der Waals surface area contributed by atoms with E-state index in [1.807, 2.05) is 18.2 Å². The molecule has 0 amide bonds. The highest BCUT2D eigenvalue weighted by Gasteiger charge is 2.06. The third-order valence-corrected chi connectivity index (χ3v) is 3.25. The van der Waals surface area contributed by atoms with Crippen LogP contribution in [0.4, 0.5) is 20.5 Å². The summed E-state index contributed by atoms with van der Waals surface area (Å²) in [7, 11) is 0. The molecule has 0 saturated carbocycles. The Hall–Kier alpha value is -3.09. The van der Waals surface area contributed by atoms with Crippen LogP contribution in [0.5, 0.6) is 0 Å². The number of rotatable bonds is 6. The summed E-state index contributed by atoms with van der Waals surface area (Å²) in [4.78, 5) is 12.6. The predicted molar refractivity (Wildman–Crippen MR) is 88.6 cm³/mol. The van der Waals surface area contributed by atoms with Gasteiger partial charge in [0.2, 0.25) is 5.95 Å². The fourth-order valence-electron chi connectivity index (χ4n) is 2.09. The zero-order chi connectivity index (χ0) is 16.8. The first-order valence-corrected chi connectivity index (χ1v) is 7.39. The van der Waals surface area contributed by atoms with Crippen molar-refractivity contribution in [2.75, 3.05) is 23.7 Å². The topological polar surface area (TPSA) is 62.7 Å². The molecule has 0 unspecified atom stereocenters. The minimum Gasteiger partial charge on any atom is -0.368 e. The van der Waals surface area contributed by atoms with Crippen LogP contribution in [0, 0.1) is 11.6 Å². The number of nitrogens with zero attached hydrogens (tertiary/aromatic N) is 3. The van der Waals surface area contributed by atoms with Gasteiger partial charge in [-0.2, -0.15) is 0 Å². The Morgan fingerprint density at radius 3 is 2.50 bits per heavy atom. The van der Waals surface area contributed by atoms with E-state index in [1.165, 1.54) is 6.07 Å². The lowest BCUT2D eigenvalue weighted by Gasteiger charge is -2.08. The summed E-state index contributed by atoms with van der Waals surface area (Å²) in [6, 6.07) is 10.9. The van der Waals surface area contributed by atoms with Crippen molar-refractivity contribution in [2.24, 2.45) is 0 Å². The Morgan fingerprint density at radius 2 is 1.71 bits per heavy atom. The van der Waals surface area contributed by atoms with E-state index in [1.54, 1.807) is 18.5 Å². The predicted octanol–water partition coefficient (Wildman–Crippen LogP) is 3.34. The van der Waals surface area contributed by atoms with Crippen LogP contribution < -0.4 is 10.6 Å². The molecule has 0 spiro atoms. The van der Waals surface area contributed by atoms with Crippen LogP contribution in [0.25, 0.3) is 11.3 Å². The van der Waals surface area contributed by atoms with Gasteiger partial charge in [-0.05, 0) is 36.4 Å². The van der Waals surface area contributed by atoms with Gasteiger partial charge in [0.1, 0.15) is 5.82 Å². The molecule has 2 N–H and O–H groups in total. The van der Waals surface area contributed by atoms with E-state index in [4.69, 9.17) is 0 Å². The Bertz CT molecular complexity index is 811. The lowest BCUT2D eigenvalue weighted by atomic mass is 10.1. The first-order chi connectivity index (χ1) is 11.7. The van der Waals surface area contributed by atoms with Crippen LogP contribution in [0.2, 0.25) is 0 Å². The van der Waals surface area contributed by atoms with Crippen LogP contribution in [-0.2, 0) is 0 Å². The summed E-state index contributed by atoms with van der Waals surface area (Å²) in [5, 5.41) is 6.23. The molecule has 2 aromatic heterocycles. The summed E-state index contributed by atoms with van der Waals surface area (Å²) in [6.45, 7) is 1.22. The lowest BCUT2D eigenvalue weighted by molar-refractivity contribution is 0.509. The molecule has 3 aromatic rings. The molecule has 2 heterocycles. The molecule has 0 radical (unpaired) electrons. The molecule has 0 fully saturated rings. The van der Waals surface area contributed by atoms with Gasteiger partial charge in [-0.25, -0.2) is 23.7 Å². The van der Waals surface area contributed by atoms with Crippen molar-refractivity contribution >= 4 is 11.8 Å². The number of hydrogen-bond donors (Lipinski definition) is 2. The van der Waals surface area contributed by atoms with Crippen molar-refractivity contribution < 1.29 is 8.78 Å². The van der Waals surface area contributed by atoms with Gasteiger partial charge < -0.3 is 10.6 Å². The van der Waals surface area contributed by atoms with Gasteiger partial charge in [0.25, 0.3) is 0 Å². The third kappa shape index (κ3) is 4.01. The molecule has 1 aromatic carbocycles. The van der Waals surface area contributed by atoms with Gasteiger partial charge in [0.15, 0.2) is 11.6 Å². The highest BCUT2D eigenvalue weighted by atomic mass is 19.2. The molecule has 7 heteroatoms. The lowest BCUT2D eigenvalue weighted by Crippen LogP contribution is -2.15. The van der Waals surface area contributed by atoms with E-state index in [-0.39, 0.29) is 0 Å². The third-order valence-electron chi connectivity index (χ3n) is 3.25. The molecule has 0 saturated heterocycles. The molecular formula is C17H15F2N5. The summed E-state index contributed by atoms with van der Waals surface area (Å²) in [6.07, 6.45) is 3.28. The van der Waals surface area contributed by atoms with Crippen LogP contribution in [0.15, 0.2) is 54.9 Å². The number of hydrogen-bond acceptors (Lipinski definition) is 5. The number of nitrogens with one attached hydrogen (secondary N) is 2. The molecular weight excluding hydrogens is 312 g/mol.